The summed E-state index contributed by atoms with van der Waals surface area (Å²) >= 11 is 0. The van der Waals surface area contributed by atoms with Gasteiger partial charge in [0.05, 0.1) is 18.8 Å². The number of benzene rings is 2. The van der Waals surface area contributed by atoms with Crippen LogP contribution in [0.2, 0.25) is 0 Å². The molecule has 192 valence electrons. The van der Waals surface area contributed by atoms with Crippen LogP contribution in [0.25, 0.3) is 11.3 Å². The van der Waals surface area contributed by atoms with Crippen LogP contribution in [-0.2, 0) is 28.9 Å². The summed E-state index contributed by atoms with van der Waals surface area (Å²) in [7, 11) is 0. The Morgan fingerprint density at radius 3 is 2.31 bits per heavy atom. The Labute approximate surface area is 213 Å². The molecule has 0 atom stereocenters. The van der Waals surface area contributed by atoms with E-state index >= 15 is 0 Å². The number of aromatic nitrogens is 2. The van der Waals surface area contributed by atoms with Crippen LogP contribution in [-0.4, -0.2) is 34.3 Å². The van der Waals surface area contributed by atoms with Gasteiger partial charge in [0.25, 0.3) is 5.56 Å². The molecule has 0 aliphatic heterocycles. The molecule has 0 N–H and O–H groups in total. The van der Waals surface area contributed by atoms with E-state index in [1.165, 1.54) is 0 Å². The zero-order valence-electron chi connectivity index (χ0n) is 21.9. The van der Waals surface area contributed by atoms with Crippen molar-refractivity contribution in [3.8, 4) is 22.8 Å². The first kappa shape index (κ1) is 27.0. The van der Waals surface area contributed by atoms with Gasteiger partial charge < -0.3 is 14.2 Å². The molecule has 7 nitrogen and oxygen atoms in total. The molecule has 2 aromatic carbocycles. The largest absolute Gasteiger partial charge is 0.493 e. The first-order chi connectivity index (χ1) is 17.2. The van der Waals surface area contributed by atoms with Gasteiger partial charge in [-0.15, -0.1) is 0 Å². The number of carbonyl (C=O) groups is 1. The van der Waals surface area contributed by atoms with Gasteiger partial charge in [-0.25, -0.2) is 4.98 Å². The number of nitrogens with zero attached hydrogens (tertiary/aromatic N) is 2. The topological polar surface area (TPSA) is 79.7 Å². The van der Waals surface area contributed by atoms with Crippen molar-refractivity contribution in [3.63, 3.8) is 0 Å². The summed E-state index contributed by atoms with van der Waals surface area (Å²) < 4.78 is 19.0. The fourth-order valence-electron chi connectivity index (χ4n) is 3.90. The highest BCUT2D eigenvalue weighted by Crippen LogP contribution is 2.30. The predicted molar refractivity (Wildman–Crippen MR) is 141 cm³/mol. The number of esters is 1. The normalized spacial score (nSPS) is 11.2. The molecular weight excluding hydrogens is 456 g/mol. The molecule has 0 spiro atoms. The minimum atomic E-state index is -0.538. The second kappa shape index (κ2) is 12.4. The molecule has 36 heavy (non-hydrogen) atoms. The molecule has 3 aromatic rings. The van der Waals surface area contributed by atoms with Gasteiger partial charge in [-0.3, -0.25) is 14.2 Å². The van der Waals surface area contributed by atoms with Gasteiger partial charge in [0.1, 0.15) is 29.5 Å². The predicted octanol–water partition coefficient (Wildman–Crippen LogP) is 5.22. The van der Waals surface area contributed by atoms with Gasteiger partial charge in [0.15, 0.2) is 0 Å². The fourth-order valence-corrected chi connectivity index (χ4v) is 3.90. The van der Waals surface area contributed by atoms with Gasteiger partial charge in [0.2, 0.25) is 0 Å². The van der Waals surface area contributed by atoms with E-state index in [1.54, 1.807) is 10.6 Å². The summed E-state index contributed by atoms with van der Waals surface area (Å²) in [4.78, 5) is 29.9. The maximum Gasteiger partial charge on any atom is 0.306 e. The van der Waals surface area contributed by atoms with Crippen LogP contribution in [0, 0.1) is 0 Å². The van der Waals surface area contributed by atoms with E-state index in [1.807, 2.05) is 83.1 Å². The molecular formula is C29H36N2O5. The van der Waals surface area contributed by atoms with Crippen LogP contribution >= 0.6 is 0 Å². The lowest BCUT2D eigenvalue weighted by molar-refractivity contribution is -0.154. The third-order valence-electron chi connectivity index (χ3n) is 5.43. The van der Waals surface area contributed by atoms with E-state index in [-0.39, 0.29) is 24.6 Å². The average Bonchev–Trinajstić information content (AvgIpc) is 2.84. The number of carbonyl (C=O) groups excluding carboxylic acids is 1. The highest BCUT2D eigenvalue weighted by atomic mass is 16.6. The summed E-state index contributed by atoms with van der Waals surface area (Å²) in [5.41, 5.74) is 1.74. The van der Waals surface area contributed by atoms with E-state index in [2.05, 4.69) is 0 Å². The third-order valence-corrected chi connectivity index (χ3v) is 5.43. The zero-order chi connectivity index (χ0) is 26.1. The summed E-state index contributed by atoms with van der Waals surface area (Å²) in [6.45, 7) is 10.6. The van der Waals surface area contributed by atoms with Crippen molar-refractivity contribution < 1.29 is 19.0 Å². The van der Waals surface area contributed by atoms with Crippen LogP contribution < -0.4 is 15.0 Å². The van der Waals surface area contributed by atoms with Gasteiger partial charge in [-0.2, -0.15) is 0 Å². The first-order valence-electron chi connectivity index (χ1n) is 12.5. The second-order valence-electron chi connectivity index (χ2n) is 9.37. The maximum absolute atomic E-state index is 12.9. The van der Waals surface area contributed by atoms with E-state index in [0.29, 0.717) is 49.0 Å². The van der Waals surface area contributed by atoms with Crippen molar-refractivity contribution in [1.82, 2.24) is 9.55 Å². The summed E-state index contributed by atoms with van der Waals surface area (Å²) in [6, 6.07) is 16.8. The van der Waals surface area contributed by atoms with Crippen LogP contribution in [0.5, 0.6) is 11.5 Å². The van der Waals surface area contributed by atoms with Crippen LogP contribution in [0.15, 0.2) is 59.4 Å². The summed E-state index contributed by atoms with van der Waals surface area (Å²) in [5.74, 6) is 1.74. The highest BCUT2D eigenvalue weighted by Gasteiger charge is 2.19. The van der Waals surface area contributed by atoms with Crippen LogP contribution in [0.3, 0.4) is 0 Å². The molecule has 7 heteroatoms. The minimum Gasteiger partial charge on any atom is -0.493 e. The van der Waals surface area contributed by atoms with Crippen molar-refractivity contribution in [3.05, 3.63) is 76.3 Å². The first-order valence-corrected chi connectivity index (χ1v) is 12.5. The Kier molecular flexibility index (Phi) is 9.28. The van der Waals surface area contributed by atoms with Crippen molar-refractivity contribution in [1.29, 1.82) is 0 Å². The lowest BCUT2D eigenvalue weighted by atomic mass is 10.1. The molecule has 0 amide bonds. The molecule has 0 saturated carbocycles. The Morgan fingerprint density at radius 1 is 0.972 bits per heavy atom. The second-order valence-corrected chi connectivity index (χ2v) is 9.37. The number of hydrogen-bond acceptors (Lipinski definition) is 6. The zero-order valence-corrected chi connectivity index (χ0v) is 21.9. The van der Waals surface area contributed by atoms with Crippen molar-refractivity contribution in [2.75, 3.05) is 13.2 Å². The third kappa shape index (κ3) is 7.44. The highest BCUT2D eigenvalue weighted by molar-refractivity contribution is 5.70. The lowest BCUT2D eigenvalue weighted by Crippen LogP contribution is -2.27. The number of rotatable bonds is 11. The SMILES string of the molecule is CCOc1cccc(OCCn2c(CC)nc(-c3ccccc3)cc2=O)c1CCC(=O)OC(C)(C)C. The van der Waals surface area contributed by atoms with Crippen molar-refractivity contribution in [2.45, 2.75) is 66.0 Å². The molecule has 0 aliphatic carbocycles. The van der Waals surface area contributed by atoms with Crippen molar-refractivity contribution >= 4 is 5.97 Å². The van der Waals surface area contributed by atoms with E-state index < -0.39 is 5.60 Å². The molecule has 0 saturated heterocycles. The molecule has 3 rings (SSSR count). The minimum absolute atomic E-state index is 0.113. The Balaban J connectivity index is 1.75. The van der Waals surface area contributed by atoms with Crippen LogP contribution in [0.1, 0.15) is 52.4 Å². The molecule has 0 bridgehead atoms. The van der Waals surface area contributed by atoms with Gasteiger partial charge in [0, 0.05) is 30.0 Å². The maximum atomic E-state index is 12.9. The van der Waals surface area contributed by atoms with Gasteiger partial charge >= 0.3 is 5.97 Å². The van der Waals surface area contributed by atoms with Gasteiger partial charge in [-0.05, 0) is 46.2 Å². The monoisotopic (exact) mass is 492 g/mol. The Bertz CT molecular complexity index is 1210. The number of aryl methyl sites for hydroxylation is 1. The van der Waals surface area contributed by atoms with Crippen molar-refractivity contribution in [2.24, 2.45) is 0 Å². The Hall–Kier alpha value is -3.61. The van der Waals surface area contributed by atoms with E-state index in [0.717, 1.165) is 11.1 Å². The quantitative estimate of drug-likeness (QED) is 0.341. The lowest BCUT2D eigenvalue weighted by Gasteiger charge is -2.20. The summed E-state index contributed by atoms with van der Waals surface area (Å²) in [6.07, 6.45) is 1.26. The van der Waals surface area contributed by atoms with Gasteiger partial charge in [-0.1, -0.05) is 43.3 Å². The summed E-state index contributed by atoms with van der Waals surface area (Å²) in [5, 5.41) is 0. The Morgan fingerprint density at radius 2 is 1.67 bits per heavy atom. The number of ether oxygens (including phenoxy) is 3. The van der Waals surface area contributed by atoms with Crippen LogP contribution in [0.4, 0.5) is 0 Å². The average molecular weight is 493 g/mol. The van der Waals surface area contributed by atoms with E-state index in [4.69, 9.17) is 19.2 Å². The molecule has 1 aromatic heterocycles. The molecule has 0 aliphatic rings. The molecule has 1 heterocycles. The molecule has 0 unspecified atom stereocenters. The number of hydrogen-bond donors (Lipinski definition) is 0. The van der Waals surface area contributed by atoms with E-state index in [9.17, 15) is 9.59 Å². The molecule has 0 radical (unpaired) electrons. The standard InChI is InChI=1S/C29H36N2O5/c1-6-26-30-23(21-12-9-8-10-13-21)20-27(32)31(26)18-19-35-25-15-11-14-24(34-7-2)22(25)16-17-28(33)36-29(3,4)5/h8-15,20H,6-7,16-19H2,1-5H3. The smallest absolute Gasteiger partial charge is 0.306 e. The molecule has 0 fully saturated rings. The fraction of sp³-hybridized carbons (Fsp3) is 0.414.